The molecular weight excluding hydrogens is 226 g/mol. The van der Waals surface area contributed by atoms with E-state index in [1.807, 2.05) is 0 Å². The Morgan fingerprint density at radius 3 is 2.83 bits per heavy atom. The topological polar surface area (TPSA) is 34.4 Å². The first-order valence-corrected chi connectivity index (χ1v) is 6.88. The lowest BCUT2D eigenvalue weighted by molar-refractivity contribution is 0.0947. The summed E-state index contributed by atoms with van der Waals surface area (Å²) in [6.45, 7) is 8.36. The van der Waals surface area contributed by atoms with Crippen molar-refractivity contribution in [3.05, 3.63) is 23.5 Å². The van der Waals surface area contributed by atoms with Gasteiger partial charge in [-0.25, -0.2) is 0 Å². The second-order valence-corrected chi connectivity index (χ2v) is 6.95. The second-order valence-electron chi connectivity index (χ2n) is 6.95. The van der Waals surface area contributed by atoms with Crippen LogP contribution in [0, 0.1) is 5.41 Å². The summed E-state index contributed by atoms with van der Waals surface area (Å²) in [4.78, 5) is 0. The Morgan fingerprint density at radius 2 is 2.17 bits per heavy atom. The maximum atomic E-state index is 10.3. The van der Waals surface area contributed by atoms with Crippen molar-refractivity contribution in [2.75, 3.05) is 13.2 Å². The van der Waals surface area contributed by atoms with E-state index in [1.54, 1.807) is 0 Å². The highest BCUT2D eigenvalue weighted by Gasteiger charge is 2.38. The first kappa shape index (κ1) is 12.2. The van der Waals surface area contributed by atoms with Gasteiger partial charge in [0.1, 0.15) is 0 Å². The Kier molecular flexibility index (Phi) is 2.62. The van der Waals surface area contributed by atoms with Crippen LogP contribution in [-0.4, -0.2) is 22.9 Å². The lowest BCUT2D eigenvalue weighted by atomic mass is 9.75. The van der Waals surface area contributed by atoms with Crippen molar-refractivity contribution in [1.29, 1.82) is 0 Å². The molecule has 3 rings (SSSR count). The Morgan fingerprint density at radius 1 is 1.39 bits per heavy atom. The van der Waals surface area contributed by atoms with Gasteiger partial charge in [-0.3, -0.25) is 0 Å². The molecule has 1 aromatic rings. The molecule has 1 fully saturated rings. The predicted octanol–water partition coefficient (Wildman–Crippen LogP) is 2.63. The average Bonchev–Trinajstić information content (AvgIpc) is 2.83. The molecule has 0 aromatic carbocycles. The van der Waals surface area contributed by atoms with Crippen LogP contribution in [0.4, 0.5) is 0 Å². The van der Waals surface area contributed by atoms with E-state index in [1.165, 1.54) is 5.69 Å². The molecule has 100 valence electrons. The third-order valence-electron chi connectivity index (χ3n) is 4.56. The Balaban J connectivity index is 2.04. The Bertz CT molecular complexity index is 455. The van der Waals surface area contributed by atoms with Crippen molar-refractivity contribution in [2.45, 2.75) is 51.7 Å². The van der Waals surface area contributed by atoms with Crippen molar-refractivity contribution in [2.24, 2.45) is 5.41 Å². The number of ether oxygens (including phenoxy) is 1. The predicted molar refractivity (Wildman–Crippen MR) is 70.6 cm³/mol. The number of nitrogens with zero attached hydrogens (tertiary/aromatic N) is 1. The van der Waals surface area contributed by atoms with Crippen molar-refractivity contribution in [3.63, 3.8) is 0 Å². The van der Waals surface area contributed by atoms with Crippen LogP contribution < -0.4 is 0 Å². The molecule has 0 radical (unpaired) electrons. The van der Waals surface area contributed by atoms with Crippen LogP contribution in [0.25, 0.3) is 0 Å². The summed E-state index contributed by atoms with van der Waals surface area (Å²) >= 11 is 0. The number of hydrogen-bond donors (Lipinski definition) is 1. The number of aromatic nitrogens is 1. The smallest absolute Gasteiger partial charge is 0.0812 e. The Labute approximate surface area is 109 Å². The lowest BCUT2D eigenvalue weighted by Gasteiger charge is -2.36. The van der Waals surface area contributed by atoms with Gasteiger partial charge in [0, 0.05) is 24.1 Å². The number of fused-ring (bicyclic) bond motifs is 1. The summed E-state index contributed by atoms with van der Waals surface area (Å²) in [6, 6.07) is 2.10. The zero-order chi connectivity index (χ0) is 13.0. The van der Waals surface area contributed by atoms with Crippen molar-refractivity contribution in [3.8, 4) is 0 Å². The van der Waals surface area contributed by atoms with Crippen LogP contribution in [0.15, 0.2) is 12.3 Å². The minimum Gasteiger partial charge on any atom is -0.388 e. The average molecular weight is 249 g/mol. The molecule has 2 aliphatic rings. The SMILES string of the molecule is CC1(C)Cc2c(ccn2C2(C)CCOC2)C(O)C1. The summed E-state index contributed by atoms with van der Waals surface area (Å²) in [5.41, 5.74) is 2.69. The van der Waals surface area contributed by atoms with Crippen LogP contribution in [0.1, 0.15) is 51.0 Å². The van der Waals surface area contributed by atoms with Crippen molar-refractivity contribution >= 4 is 0 Å². The van der Waals surface area contributed by atoms with Crippen LogP contribution in [0.3, 0.4) is 0 Å². The minimum absolute atomic E-state index is 0.0702. The highest BCUT2D eigenvalue weighted by Crippen LogP contribution is 2.43. The largest absolute Gasteiger partial charge is 0.388 e. The van der Waals surface area contributed by atoms with Crippen molar-refractivity contribution in [1.82, 2.24) is 4.57 Å². The molecule has 1 aliphatic carbocycles. The van der Waals surface area contributed by atoms with Gasteiger partial charge < -0.3 is 14.4 Å². The standard InChI is InChI=1S/C15H23NO2/c1-14(2)8-12-11(13(17)9-14)4-6-16(12)15(3)5-7-18-10-15/h4,6,13,17H,5,7-10H2,1-3H3. The molecule has 2 heterocycles. The van der Waals surface area contributed by atoms with Crippen LogP contribution in [0.5, 0.6) is 0 Å². The third kappa shape index (κ3) is 1.81. The van der Waals surface area contributed by atoms with E-state index < -0.39 is 0 Å². The third-order valence-corrected chi connectivity index (χ3v) is 4.56. The summed E-state index contributed by atoms with van der Waals surface area (Å²) in [6.07, 6.45) is 4.80. The summed E-state index contributed by atoms with van der Waals surface area (Å²) < 4.78 is 7.93. The molecular formula is C15H23NO2. The van der Waals surface area contributed by atoms with E-state index in [0.29, 0.717) is 0 Å². The van der Waals surface area contributed by atoms with Gasteiger partial charge in [0.25, 0.3) is 0 Å². The molecule has 2 atom stereocenters. The molecule has 0 spiro atoms. The molecule has 3 heteroatoms. The van der Waals surface area contributed by atoms with Gasteiger partial charge in [-0.1, -0.05) is 13.8 Å². The maximum absolute atomic E-state index is 10.3. The quantitative estimate of drug-likeness (QED) is 0.830. The molecule has 3 nitrogen and oxygen atoms in total. The van der Waals surface area contributed by atoms with Gasteiger partial charge in [-0.2, -0.15) is 0 Å². The Hall–Kier alpha value is -0.800. The van der Waals surface area contributed by atoms with Gasteiger partial charge in [0.05, 0.1) is 18.2 Å². The molecule has 2 unspecified atom stereocenters. The van der Waals surface area contributed by atoms with E-state index in [-0.39, 0.29) is 17.1 Å². The zero-order valence-corrected chi connectivity index (χ0v) is 11.6. The molecule has 0 bridgehead atoms. The maximum Gasteiger partial charge on any atom is 0.0812 e. The van der Waals surface area contributed by atoms with E-state index in [9.17, 15) is 5.11 Å². The van der Waals surface area contributed by atoms with Crippen LogP contribution in [-0.2, 0) is 16.7 Å². The minimum atomic E-state index is -0.309. The number of hydrogen-bond acceptors (Lipinski definition) is 2. The first-order chi connectivity index (χ1) is 8.41. The van der Waals surface area contributed by atoms with E-state index in [2.05, 4.69) is 37.6 Å². The van der Waals surface area contributed by atoms with Gasteiger partial charge in [0.2, 0.25) is 0 Å². The molecule has 1 aliphatic heterocycles. The van der Waals surface area contributed by atoms with Crippen LogP contribution in [0.2, 0.25) is 0 Å². The molecule has 0 saturated carbocycles. The van der Waals surface area contributed by atoms with E-state index in [4.69, 9.17) is 4.74 Å². The molecule has 1 N–H and O–H groups in total. The first-order valence-electron chi connectivity index (χ1n) is 6.88. The second kappa shape index (κ2) is 3.84. The monoisotopic (exact) mass is 249 g/mol. The lowest BCUT2D eigenvalue weighted by Crippen LogP contribution is -2.35. The summed E-state index contributed by atoms with van der Waals surface area (Å²) in [5, 5.41) is 10.3. The molecule has 1 aromatic heterocycles. The van der Waals surface area contributed by atoms with E-state index in [0.717, 1.165) is 38.0 Å². The molecule has 1 saturated heterocycles. The number of aliphatic hydroxyl groups is 1. The summed E-state index contributed by atoms with van der Waals surface area (Å²) in [5.74, 6) is 0. The highest BCUT2D eigenvalue weighted by molar-refractivity contribution is 5.30. The molecule has 18 heavy (non-hydrogen) atoms. The fraction of sp³-hybridized carbons (Fsp3) is 0.733. The normalized spacial score (nSPS) is 34.6. The van der Waals surface area contributed by atoms with E-state index >= 15 is 0 Å². The highest BCUT2D eigenvalue weighted by atomic mass is 16.5. The fourth-order valence-corrected chi connectivity index (χ4v) is 3.48. The van der Waals surface area contributed by atoms with Gasteiger partial charge >= 0.3 is 0 Å². The number of rotatable bonds is 1. The van der Waals surface area contributed by atoms with Gasteiger partial charge in [0.15, 0.2) is 0 Å². The van der Waals surface area contributed by atoms with Crippen LogP contribution >= 0.6 is 0 Å². The zero-order valence-electron chi connectivity index (χ0n) is 11.6. The van der Waals surface area contributed by atoms with Gasteiger partial charge in [-0.05, 0) is 37.7 Å². The van der Waals surface area contributed by atoms with Crippen molar-refractivity contribution < 1.29 is 9.84 Å². The fourth-order valence-electron chi connectivity index (χ4n) is 3.48. The number of aliphatic hydroxyl groups excluding tert-OH is 1. The molecule has 0 amide bonds. The summed E-state index contributed by atoms with van der Waals surface area (Å²) in [7, 11) is 0. The van der Waals surface area contributed by atoms with Gasteiger partial charge in [-0.15, -0.1) is 0 Å².